The monoisotopic (exact) mass is 308 g/mol. The van der Waals surface area contributed by atoms with Gasteiger partial charge in [-0.15, -0.1) is 0 Å². The molecule has 0 unspecified atom stereocenters. The molecule has 0 spiro atoms. The minimum atomic E-state index is -0.242. The number of aromatic hydroxyl groups is 2. The van der Waals surface area contributed by atoms with Crippen LogP contribution in [0, 0.1) is 0 Å². The van der Waals surface area contributed by atoms with E-state index in [4.69, 9.17) is 0 Å². The summed E-state index contributed by atoms with van der Waals surface area (Å²) in [6, 6.07) is 11.4. The highest BCUT2D eigenvalue weighted by atomic mass is 16.3. The summed E-state index contributed by atoms with van der Waals surface area (Å²) in [6.07, 6.45) is 7.63. The van der Waals surface area contributed by atoms with Crippen LogP contribution in [0.1, 0.15) is 49.9 Å². The highest BCUT2D eigenvalue weighted by molar-refractivity contribution is 5.61. The van der Waals surface area contributed by atoms with Gasteiger partial charge in [0.1, 0.15) is 11.5 Å². The van der Waals surface area contributed by atoms with Gasteiger partial charge in [-0.2, -0.15) is 0 Å². The third-order valence-corrected chi connectivity index (χ3v) is 4.19. The van der Waals surface area contributed by atoms with Crippen LogP contribution in [0.25, 0.3) is 12.2 Å². The summed E-state index contributed by atoms with van der Waals surface area (Å²) in [6.45, 7) is 8.15. The Bertz CT molecular complexity index is 689. The number of allylic oxidation sites excluding steroid dienone is 2. The van der Waals surface area contributed by atoms with Crippen LogP contribution < -0.4 is 0 Å². The molecule has 0 radical (unpaired) electrons. The predicted octanol–water partition coefficient (Wildman–Crippen LogP) is 5.49. The Hall–Kier alpha value is -2.48. The van der Waals surface area contributed by atoms with Crippen LogP contribution in [-0.2, 0) is 5.41 Å². The van der Waals surface area contributed by atoms with E-state index < -0.39 is 0 Å². The van der Waals surface area contributed by atoms with Crippen LogP contribution in [0.3, 0.4) is 0 Å². The third kappa shape index (κ3) is 3.48. The van der Waals surface area contributed by atoms with E-state index in [-0.39, 0.29) is 16.9 Å². The molecule has 120 valence electrons. The summed E-state index contributed by atoms with van der Waals surface area (Å²) in [5, 5.41) is 19.9. The Kier molecular flexibility index (Phi) is 4.95. The van der Waals surface area contributed by atoms with E-state index >= 15 is 0 Å². The molecular formula is C21H24O2. The molecule has 0 aromatic heterocycles. The van der Waals surface area contributed by atoms with Gasteiger partial charge >= 0.3 is 0 Å². The fraction of sp³-hybridized carbons (Fsp3) is 0.238. The van der Waals surface area contributed by atoms with Gasteiger partial charge in [-0.1, -0.05) is 50.3 Å². The molecule has 2 aromatic carbocycles. The topological polar surface area (TPSA) is 40.5 Å². The van der Waals surface area contributed by atoms with Gasteiger partial charge in [-0.05, 0) is 49.2 Å². The smallest absolute Gasteiger partial charge is 0.122 e. The van der Waals surface area contributed by atoms with Crippen molar-refractivity contribution in [2.24, 2.45) is 0 Å². The molecule has 0 aliphatic carbocycles. The first-order valence-corrected chi connectivity index (χ1v) is 7.82. The summed E-state index contributed by atoms with van der Waals surface area (Å²) >= 11 is 0. The maximum absolute atomic E-state index is 9.96. The standard InChI is InChI=1S/C21H24O2/c1-5-7-15-13-17(9-11-19(15)22)21(3,4)18-10-12-20(23)16(14-18)8-6-2/h5-14,22-23H,1-4H3/b7-5-,8-6-. The molecule has 0 bridgehead atoms. The minimum Gasteiger partial charge on any atom is -0.507 e. The summed E-state index contributed by atoms with van der Waals surface area (Å²) in [5.41, 5.74) is 3.60. The molecule has 0 atom stereocenters. The van der Waals surface area contributed by atoms with E-state index in [1.54, 1.807) is 12.1 Å². The second-order valence-electron chi connectivity index (χ2n) is 6.17. The normalized spacial score (nSPS) is 12.3. The first kappa shape index (κ1) is 16.9. The van der Waals surface area contributed by atoms with Crippen LogP contribution in [0.2, 0.25) is 0 Å². The number of hydrogen-bond donors (Lipinski definition) is 2. The summed E-state index contributed by atoms with van der Waals surface area (Å²) in [4.78, 5) is 0. The first-order valence-electron chi connectivity index (χ1n) is 7.82. The second kappa shape index (κ2) is 6.74. The molecule has 2 N–H and O–H groups in total. The summed E-state index contributed by atoms with van der Waals surface area (Å²) in [7, 11) is 0. The fourth-order valence-corrected chi connectivity index (χ4v) is 2.68. The van der Waals surface area contributed by atoms with Gasteiger partial charge in [0.15, 0.2) is 0 Å². The van der Waals surface area contributed by atoms with Crippen molar-refractivity contribution in [3.8, 4) is 11.5 Å². The lowest BCUT2D eigenvalue weighted by molar-refractivity contribution is 0.472. The zero-order valence-electron chi connectivity index (χ0n) is 14.2. The van der Waals surface area contributed by atoms with E-state index in [1.807, 2.05) is 62.4 Å². The van der Waals surface area contributed by atoms with E-state index in [9.17, 15) is 10.2 Å². The number of phenols is 2. The van der Waals surface area contributed by atoms with Crippen LogP contribution >= 0.6 is 0 Å². The van der Waals surface area contributed by atoms with Gasteiger partial charge in [0.05, 0.1) is 0 Å². The molecule has 0 saturated carbocycles. The maximum atomic E-state index is 9.96. The predicted molar refractivity (Wildman–Crippen MR) is 97.8 cm³/mol. The Morgan fingerprint density at radius 2 is 1.13 bits per heavy atom. The Balaban J connectivity index is 2.53. The Morgan fingerprint density at radius 3 is 1.48 bits per heavy atom. The molecule has 0 heterocycles. The summed E-state index contributed by atoms with van der Waals surface area (Å²) < 4.78 is 0. The van der Waals surface area contributed by atoms with Crippen LogP contribution in [0.4, 0.5) is 0 Å². The maximum Gasteiger partial charge on any atom is 0.122 e. The zero-order valence-corrected chi connectivity index (χ0v) is 14.2. The zero-order chi connectivity index (χ0) is 17.0. The highest BCUT2D eigenvalue weighted by Crippen LogP contribution is 2.36. The lowest BCUT2D eigenvalue weighted by Gasteiger charge is -2.27. The van der Waals surface area contributed by atoms with Crippen molar-refractivity contribution in [2.45, 2.75) is 33.1 Å². The number of hydrogen-bond acceptors (Lipinski definition) is 2. The van der Waals surface area contributed by atoms with Gasteiger partial charge in [0.2, 0.25) is 0 Å². The molecule has 23 heavy (non-hydrogen) atoms. The average Bonchev–Trinajstić information content (AvgIpc) is 2.51. The van der Waals surface area contributed by atoms with Crippen molar-refractivity contribution in [2.75, 3.05) is 0 Å². The lowest BCUT2D eigenvalue weighted by atomic mass is 9.77. The first-order chi connectivity index (χ1) is 10.9. The molecule has 0 fully saturated rings. The quantitative estimate of drug-likeness (QED) is 0.784. The van der Waals surface area contributed by atoms with Crippen LogP contribution in [0.15, 0.2) is 48.6 Å². The number of benzene rings is 2. The fourth-order valence-electron chi connectivity index (χ4n) is 2.68. The van der Waals surface area contributed by atoms with Gasteiger partial charge < -0.3 is 10.2 Å². The molecule has 2 aromatic rings. The van der Waals surface area contributed by atoms with E-state index in [2.05, 4.69) is 13.8 Å². The van der Waals surface area contributed by atoms with Crippen molar-refractivity contribution in [1.29, 1.82) is 0 Å². The van der Waals surface area contributed by atoms with Crippen molar-refractivity contribution >= 4 is 12.2 Å². The highest BCUT2D eigenvalue weighted by Gasteiger charge is 2.24. The molecule has 2 heteroatoms. The SMILES string of the molecule is C/C=C\c1cc(C(C)(C)c2ccc(O)c(/C=C\C)c2)ccc1O. The minimum absolute atomic E-state index is 0.242. The Labute approximate surface area is 138 Å². The molecule has 0 saturated heterocycles. The Morgan fingerprint density at radius 1 is 0.739 bits per heavy atom. The van der Waals surface area contributed by atoms with E-state index in [1.165, 1.54) is 0 Å². The van der Waals surface area contributed by atoms with Gasteiger partial charge in [-0.25, -0.2) is 0 Å². The van der Waals surface area contributed by atoms with E-state index in [0.717, 1.165) is 22.3 Å². The molecular weight excluding hydrogens is 284 g/mol. The van der Waals surface area contributed by atoms with Gasteiger partial charge in [0.25, 0.3) is 0 Å². The van der Waals surface area contributed by atoms with Crippen LogP contribution in [-0.4, -0.2) is 10.2 Å². The molecule has 0 amide bonds. The van der Waals surface area contributed by atoms with Crippen LogP contribution in [0.5, 0.6) is 11.5 Å². The van der Waals surface area contributed by atoms with Crippen molar-refractivity contribution in [3.63, 3.8) is 0 Å². The lowest BCUT2D eigenvalue weighted by Crippen LogP contribution is -2.19. The number of rotatable bonds is 4. The molecule has 0 aliphatic rings. The van der Waals surface area contributed by atoms with Crippen molar-refractivity contribution < 1.29 is 10.2 Å². The van der Waals surface area contributed by atoms with Gasteiger partial charge in [0, 0.05) is 16.5 Å². The molecule has 2 rings (SSSR count). The van der Waals surface area contributed by atoms with Crippen molar-refractivity contribution in [3.05, 3.63) is 70.8 Å². The molecule has 2 nitrogen and oxygen atoms in total. The van der Waals surface area contributed by atoms with Crippen molar-refractivity contribution in [1.82, 2.24) is 0 Å². The summed E-state index contributed by atoms with van der Waals surface area (Å²) in [5.74, 6) is 0.561. The largest absolute Gasteiger partial charge is 0.507 e. The molecule has 0 aliphatic heterocycles. The number of phenolic OH excluding ortho intramolecular Hbond substituents is 2. The van der Waals surface area contributed by atoms with Gasteiger partial charge in [-0.3, -0.25) is 0 Å². The average molecular weight is 308 g/mol. The third-order valence-electron chi connectivity index (χ3n) is 4.19. The van der Waals surface area contributed by atoms with E-state index in [0.29, 0.717) is 0 Å². The second-order valence-corrected chi connectivity index (χ2v) is 6.17.